The number of aromatic nitrogens is 2. The van der Waals surface area contributed by atoms with Crippen molar-refractivity contribution in [3.63, 3.8) is 0 Å². The Balaban J connectivity index is 1.20. The van der Waals surface area contributed by atoms with Crippen LogP contribution in [0.25, 0.3) is 10.9 Å². The van der Waals surface area contributed by atoms with Gasteiger partial charge in [-0.2, -0.15) is 5.10 Å². The predicted molar refractivity (Wildman–Crippen MR) is 141 cm³/mol. The normalized spacial score (nSPS) is 19.4. The van der Waals surface area contributed by atoms with Crippen LogP contribution in [0.5, 0.6) is 5.75 Å². The molecule has 1 aromatic heterocycles. The quantitative estimate of drug-likeness (QED) is 0.515. The van der Waals surface area contributed by atoms with Crippen molar-refractivity contribution < 1.29 is 14.7 Å². The largest absolute Gasteiger partial charge is 0.507 e. The standard InChI is InChI=1S/C29H35N5O3/c1-32-9-11-33(12-10-32)16-19-7-8-21-17-34(18-22(21)13-19)29(37)24-14-23-25(15-26(24)35)30-31-27(23)28(36)20-5-3-2-4-6-20/h7-8,13-15,20,35H,2-6,9-12,16-18H2,1H3,(H,30,31). The fourth-order valence-electron chi connectivity index (χ4n) is 6.09. The summed E-state index contributed by atoms with van der Waals surface area (Å²) < 4.78 is 0. The van der Waals surface area contributed by atoms with E-state index < -0.39 is 0 Å². The molecule has 2 aliphatic heterocycles. The van der Waals surface area contributed by atoms with Gasteiger partial charge in [0.05, 0.1) is 11.1 Å². The molecular formula is C29H35N5O3. The Kier molecular flexibility index (Phi) is 6.46. The van der Waals surface area contributed by atoms with Crippen LogP contribution in [0, 0.1) is 5.92 Å². The van der Waals surface area contributed by atoms with Gasteiger partial charge in [0.1, 0.15) is 11.4 Å². The van der Waals surface area contributed by atoms with Crippen LogP contribution in [0.3, 0.4) is 0 Å². The summed E-state index contributed by atoms with van der Waals surface area (Å²) in [4.78, 5) is 33.3. The Morgan fingerprint density at radius 3 is 2.54 bits per heavy atom. The number of H-pyrrole nitrogens is 1. The maximum Gasteiger partial charge on any atom is 0.258 e. The maximum absolute atomic E-state index is 13.6. The number of phenols is 1. The lowest BCUT2D eigenvalue weighted by Gasteiger charge is -2.32. The Hall–Kier alpha value is -3.23. The number of fused-ring (bicyclic) bond motifs is 2. The molecule has 1 saturated carbocycles. The smallest absolute Gasteiger partial charge is 0.258 e. The van der Waals surface area contributed by atoms with Crippen LogP contribution in [0.4, 0.5) is 0 Å². The molecule has 194 valence electrons. The van der Waals surface area contributed by atoms with Crippen LogP contribution in [-0.4, -0.2) is 74.9 Å². The maximum atomic E-state index is 13.6. The van der Waals surface area contributed by atoms with Gasteiger partial charge >= 0.3 is 0 Å². The van der Waals surface area contributed by atoms with E-state index >= 15 is 0 Å². The highest BCUT2D eigenvalue weighted by molar-refractivity contribution is 6.10. The Morgan fingerprint density at radius 1 is 1.00 bits per heavy atom. The highest BCUT2D eigenvalue weighted by Crippen LogP contribution is 2.33. The van der Waals surface area contributed by atoms with E-state index in [9.17, 15) is 14.7 Å². The second-order valence-electron chi connectivity index (χ2n) is 11.0. The lowest BCUT2D eigenvalue weighted by atomic mass is 9.84. The molecule has 37 heavy (non-hydrogen) atoms. The number of carbonyl (C=O) groups is 2. The summed E-state index contributed by atoms with van der Waals surface area (Å²) in [5.74, 6) is -0.296. The summed E-state index contributed by atoms with van der Waals surface area (Å²) in [5, 5.41) is 18.5. The molecule has 8 heteroatoms. The molecule has 6 rings (SSSR count). The lowest BCUT2D eigenvalue weighted by molar-refractivity contribution is 0.0748. The average Bonchev–Trinajstić information content (AvgIpc) is 3.53. The first-order valence-corrected chi connectivity index (χ1v) is 13.5. The zero-order chi connectivity index (χ0) is 25.5. The van der Waals surface area contributed by atoms with Crippen molar-refractivity contribution in [2.75, 3.05) is 33.2 Å². The molecule has 3 aromatic rings. The van der Waals surface area contributed by atoms with Crippen molar-refractivity contribution in [3.8, 4) is 5.75 Å². The van der Waals surface area contributed by atoms with Crippen molar-refractivity contribution in [3.05, 3.63) is 58.3 Å². The second-order valence-corrected chi connectivity index (χ2v) is 11.0. The number of hydrogen-bond acceptors (Lipinski definition) is 6. The van der Waals surface area contributed by atoms with Crippen LogP contribution in [0.1, 0.15) is 69.6 Å². The molecule has 8 nitrogen and oxygen atoms in total. The first-order chi connectivity index (χ1) is 18.0. The van der Waals surface area contributed by atoms with Crippen LogP contribution >= 0.6 is 0 Å². The highest BCUT2D eigenvalue weighted by atomic mass is 16.3. The number of aromatic hydroxyl groups is 1. The number of carbonyl (C=O) groups excluding carboxylic acids is 2. The first kappa shape index (κ1) is 24.1. The monoisotopic (exact) mass is 501 g/mol. The first-order valence-electron chi connectivity index (χ1n) is 13.5. The van der Waals surface area contributed by atoms with Gasteiger partial charge in [-0.1, -0.05) is 37.5 Å². The van der Waals surface area contributed by atoms with Gasteiger partial charge < -0.3 is 14.9 Å². The van der Waals surface area contributed by atoms with E-state index in [0.29, 0.717) is 29.7 Å². The average molecular weight is 502 g/mol. The molecule has 2 fully saturated rings. The van der Waals surface area contributed by atoms with Crippen LogP contribution in [-0.2, 0) is 19.6 Å². The van der Waals surface area contributed by atoms with Crippen LogP contribution in [0.2, 0.25) is 0 Å². The number of rotatable bonds is 5. The van der Waals surface area contributed by atoms with Gasteiger partial charge in [0.25, 0.3) is 5.91 Å². The van der Waals surface area contributed by atoms with Gasteiger partial charge in [-0.25, -0.2) is 0 Å². The van der Waals surface area contributed by atoms with Crippen molar-refractivity contribution in [2.45, 2.75) is 51.7 Å². The van der Waals surface area contributed by atoms with Gasteiger partial charge in [0.15, 0.2) is 5.78 Å². The van der Waals surface area contributed by atoms with Crippen molar-refractivity contribution in [1.29, 1.82) is 0 Å². The molecule has 0 radical (unpaired) electrons. The zero-order valence-corrected chi connectivity index (χ0v) is 21.5. The third-order valence-electron chi connectivity index (χ3n) is 8.40. The highest BCUT2D eigenvalue weighted by Gasteiger charge is 2.30. The molecule has 2 N–H and O–H groups in total. The molecule has 2 aromatic carbocycles. The van der Waals surface area contributed by atoms with E-state index in [0.717, 1.165) is 69.5 Å². The van der Waals surface area contributed by atoms with Crippen molar-refractivity contribution in [2.24, 2.45) is 5.92 Å². The molecular weight excluding hydrogens is 466 g/mol. The van der Waals surface area contributed by atoms with Gasteiger partial charge in [-0.15, -0.1) is 0 Å². The lowest BCUT2D eigenvalue weighted by Crippen LogP contribution is -2.43. The fourth-order valence-corrected chi connectivity index (χ4v) is 6.09. The number of ketones is 1. The third-order valence-corrected chi connectivity index (χ3v) is 8.40. The minimum Gasteiger partial charge on any atom is -0.507 e. The van der Waals surface area contributed by atoms with Gasteiger partial charge in [-0.3, -0.25) is 19.6 Å². The molecule has 1 aliphatic carbocycles. The minimum atomic E-state index is -0.228. The molecule has 3 heterocycles. The van der Waals surface area contributed by atoms with Gasteiger partial charge in [-0.05, 0) is 42.6 Å². The number of hydrogen-bond donors (Lipinski definition) is 2. The van der Waals surface area contributed by atoms with Crippen molar-refractivity contribution in [1.82, 2.24) is 24.9 Å². The number of Topliss-reactive ketones (excluding diaryl/α,β-unsaturated/α-hetero) is 1. The summed E-state index contributed by atoms with van der Waals surface area (Å²) in [7, 11) is 2.16. The molecule has 0 spiro atoms. The number of aromatic amines is 1. The second kappa shape index (κ2) is 9.91. The third kappa shape index (κ3) is 4.76. The number of nitrogens with zero attached hydrogens (tertiary/aromatic N) is 4. The Labute approximate surface area is 217 Å². The van der Waals surface area contributed by atoms with E-state index in [2.05, 4.69) is 45.2 Å². The number of likely N-dealkylation sites (N-methyl/N-ethyl adjacent to an activating group) is 1. The zero-order valence-electron chi connectivity index (χ0n) is 21.5. The molecule has 1 amide bonds. The van der Waals surface area contributed by atoms with Gasteiger partial charge in [0.2, 0.25) is 0 Å². The van der Waals surface area contributed by atoms with Crippen LogP contribution in [0.15, 0.2) is 30.3 Å². The van der Waals surface area contributed by atoms with E-state index in [1.54, 1.807) is 11.0 Å². The summed E-state index contributed by atoms with van der Waals surface area (Å²) in [6.45, 7) is 6.27. The Bertz CT molecular complexity index is 1330. The van der Waals surface area contributed by atoms with E-state index in [1.807, 2.05) is 0 Å². The molecule has 3 aliphatic rings. The van der Waals surface area contributed by atoms with E-state index in [-0.39, 0.29) is 28.9 Å². The number of benzene rings is 2. The number of piperazine rings is 1. The predicted octanol–water partition coefficient (Wildman–Crippen LogP) is 3.93. The Morgan fingerprint density at radius 2 is 1.76 bits per heavy atom. The summed E-state index contributed by atoms with van der Waals surface area (Å²) in [6.07, 6.45) is 5.08. The topological polar surface area (TPSA) is 92.8 Å². The van der Waals surface area contributed by atoms with Gasteiger partial charge in [0, 0.05) is 63.2 Å². The molecule has 1 saturated heterocycles. The summed E-state index contributed by atoms with van der Waals surface area (Å²) in [5.41, 5.74) is 4.76. The number of nitrogens with one attached hydrogen (secondary N) is 1. The minimum absolute atomic E-state index is 0.0127. The van der Waals surface area contributed by atoms with Crippen molar-refractivity contribution >= 4 is 22.6 Å². The SMILES string of the molecule is CN1CCN(Cc2ccc3c(c2)CN(C(=O)c2cc4c(C(=O)C5CCCCC5)n[nH]c4cc2O)C3)CC1. The molecule has 0 unspecified atom stereocenters. The number of phenolic OH excluding ortho intramolecular Hbond substituents is 1. The number of amides is 1. The summed E-state index contributed by atoms with van der Waals surface area (Å²) >= 11 is 0. The van der Waals surface area contributed by atoms with Crippen LogP contribution < -0.4 is 0 Å². The van der Waals surface area contributed by atoms with E-state index in [1.165, 1.54) is 18.1 Å². The summed E-state index contributed by atoms with van der Waals surface area (Å²) in [6, 6.07) is 9.69. The molecule has 0 bridgehead atoms. The molecule has 0 atom stereocenters. The fraction of sp³-hybridized carbons (Fsp3) is 0.483. The van der Waals surface area contributed by atoms with E-state index in [4.69, 9.17) is 0 Å².